The lowest BCUT2D eigenvalue weighted by Gasteiger charge is -2.23. The zero-order valence-electron chi connectivity index (χ0n) is 12.0. The van der Waals surface area contributed by atoms with Crippen LogP contribution in [0.5, 0.6) is 0 Å². The van der Waals surface area contributed by atoms with Gasteiger partial charge < -0.3 is 9.47 Å². The lowest BCUT2D eigenvalue weighted by Crippen LogP contribution is -2.34. The van der Waals surface area contributed by atoms with Crippen molar-refractivity contribution >= 4 is 17.7 Å². The van der Waals surface area contributed by atoms with Crippen molar-refractivity contribution in [2.75, 3.05) is 12.0 Å². The Labute approximate surface area is 118 Å². The van der Waals surface area contributed by atoms with Crippen LogP contribution < -0.4 is 4.90 Å². The molecule has 0 unspecified atom stereocenters. The van der Waals surface area contributed by atoms with Crippen molar-refractivity contribution in [1.82, 2.24) is 0 Å². The first kappa shape index (κ1) is 15.6. The number of amides is 1. The molecule has 0 fully saturated rings. The van der Waals surface area contributed by atoms with E-state index in [1.54, 1.807) is 45.0 Å². The van der Waals surface area contributed by atoms with Crippen LogP contribution in [0.15, 0.2) is 30.3 Å². The molecule has 0 spiro atoms. The van der Waals surface area contributed by atoms with Gasteiger partial charge in [0.1, 0.15) is 5.60 Å². The van der Waals surface area contributed by atoms with Gasteiger partial charge in [-0.05, 0) is 32.9 Å². The highest BCUT2D eigenvalue weighted by Gasteiger charge is 2.22. The van der Waals surface area contributed by atoms with Crippen LogP contribution in [0.1, 0.15) is 20.8 Å². The molecule has 0 heterocycles. The number of rotatable bonds is 1. The molecule has 0 radical (unpaired) electrons. The number of anilines is 1. The molecule has 0 aromatic heterocycles. The Morgan fingerprint density at radius 2 is 1.75 bits per heavy atom. The summed E-state index contributed by atoms with van der Waals surface area (Å²) in [5.74, 6) is 1.48. The summed E-state index contributed by atoms with van der Waals surface area (Å²) in [5, 5.41) is 0. The Hall–Kier alpha value is -2.48. The minimum atomic E-state index is -0.727. The first-order valence-electron chi connectivity index (χ1n) is 6.01. The molecule has 0 atom stereocenters. The number of hydrogen-bond acceptors (Lipinski definition) is 4. The third-order valence-corrected chi connectivity index (χ3v) is 2.05. The Balaban J connectivity index is 3.04. The largest absolute Gasteiger partial charge is 0.459 e. The summed E-state index contributed by atoms with van der Waals surface area (Å²) in [4.78, 5) is 24.3. The second-order valence-electron chi connectivity index (χ2n) is 4.88. The maximum Gasteiger partial charge on any atom is 0.426 e. The Morgan fingerprint density at radius 1 is 1.15 bits per heavy atom. The van der Waals surface area contributed by atoms with E-state index >= 15 is 0 Å². The third kappa shape index (κ3) is 5.02. The predicted octanol–water partition coefficient (Wildman–Crippen LogP) is 2.56. The van der Waals surface area contributed by atoms with E-state index in [1.165, 1.54) is 7.11 Å². The zero-order valence-corrected chi connectivity index (χ0v) is 12.0. The van der Waals surface area contributed by atoms with Crippen molar-refractivity contribution in [2.45, 2.75) is 26.4 Å². The molecule has 0 aliphatic heterocycles. The molecular formula is C15H17NO4. The van der Waals surface area contributed by atoms with Gasteiger partial charge in [0.05, 0.1) is 12.8 Å². The van der Waals surface area contributed by atoms with E-state index in [0.717, 1.165) is 4.90 Å². The SMILES string of the molecule is COC(=O)C#CN(C(=O)OC(C)(C)C)c1ccccc1. The number of hydrogen-bond donors (Lipinski definition) is 0. The molecule has 0 bridgehead atoms. The third-order valence-electron chi connectivity index (χ3n) is 2.05. The summed E-state index contributed by atoms with van der Waals surface area (Å²) >= 11 is 0. The Bertz CT molecular complexity index is 534. The van der Waals surface area contributed by atoms with E-state index in [1.807, 2.05) is 6.07 Å². The summed E-state index contributed by atoms with van der Waals surface area (Å²) in [7, 11) is 1.22. The van der Waals surface area contributed by atoms with Gasteiger partial charge in [-0.1, -0.05) is 18.2 Å². The molecule has 5 heteroatoms. The molecule has 1 amide bonds. The number of methoxy groups -OCH3 is 1. The second kappa shape index (κ2) is 6.62. The molecule has 20 heavy (non-hydrogen) atoms. The number of ether oxygens (including phenoxy) is 2. The van der Waals surface area contributed by atoms with Crippen LogP contribution in [0.3, 0.4) is 0 Å². The number of esters is 1. The number of carbonyl (C=O) groups excluding carboxylic acids is 2. The highest BCUT2D eigenvalue weighted by molar-refractivity contribution is 5.95. The topological polar surface area (TPSA) is 55.8 Å². The second-order valence-corrected chi connectivity index (χ2v) is 4.88. The van der Waals surface area contributed by atoms with Gasteiger partial charge in [-0.3, -0.25) is 0 Å². The summed E-state index contributed by atoms with van der Waals surface area (Å²) in [6, 6.07) is 11.1. The van der Waals surface area contributed by atoms with Gasteiger partial charge in [-0.25, -0.2) is 14.5 Å². The minimum absolute atomic E-state index is 0.512. The van der Waals surface area contributed by atoms with Crippen LogP contribution in [0.2, 0.25) is 0 Å². The van der Waals surface area contributed by atoms with Gasteiger partial charge in [0.25, 0.3) is 0 Å². The van der Waals surface area contributed by atoms with Crippen LogP contribution in [0, 0.1) is 12.0 Å². The van der Waals surface area contributed by atoms with E-state index in [-0.39, 0.29) is 0 Å². The molecule has 0 N–H and O–H groups in total. The summed E-state index contributed by atoms with van der Waals surface area (Å²) in [5.41, 5.74) is -0.144. The molecule has 5 nitrogen and oxygen atoms in total. The standard InChI is InChI=1S/C15H17NO4/c1-15(2,3)20-14(18)16(11-10-13(17)19-4)12-8-6-5-7-9-12/h5-9H,1-4H3. The molecule has 1 rings (SSSR count). The van der Waals surface area contributed by atoms with E-state index in [0.29, 0.717) is 5.69 Å². The van der Waals surface area contributed by atoms with Crippen molar-refractivity contribution in [3.63, 3.8) is 0 Å². The molecule has 0 aliphatic carbocycles. The zero-order chi connectivity index (χ0) is 15.2. The first-order valence-corrected chi connectivity index (χ1v) is 6.01. The summed E-state index contributed by atoms with van der Waals surface area (Å²) < 4.78 is 9.68. The van der Waals surface area contributed by atoms with Gasteiger partial charge in [0.2, 0.25) is 0 Å². The van der Waals surface area contributed by atoms with Gasteiger partial charge in [-0.2, -0.15) is 0 Å². The number of benzene rings is 1. The Kier molecular flexibility index (Phi) is 5.15. The lowest BCUT2D eigenvalue weighted by molar-refractivity contribution is -0.133. The molecule has 0 aliphatic rings. The number of para-hydroxylation sites is 1. The van der Waals surface area contributed by atoms with Gasteiger partial charge in [0, 0.05) is 12.0 Å². The quantitative estimate of drug-likeness (QED) is 0.449. The molecule has 0 saturated heterocycles. The monoisotopic (exact) mass is 275 g/mol. The van der Waals surface area contributed by atoms with Crippen molar-refractivity contribution in [1.29, 1.82) is 0 Å². The minimum Gasteiger partial charge on any atom is -0.459 e. The van der Waals surface area contributed by atoms with Crippen LogP contribution in [0.4, 0.5) is 10.5 Å². The van der Waals surface area contributed by atoms with Crippen LogP contribution in [-0.2, 0) is 14.3 Å². The van der Waals surface area contributed by atoms with Crippen molar-refractivity contribution < 1.29 is 19.1 Å². The Morgan fingerprint density at radius 3 is 2.25 bits per heavy atom. The summed E-state index contributed by atoms with van der Waals surface area (Å²) in [6.45, 7) is 5.26. The normalized spacial score (nSPS) is 10.0. The van der Waals surface area contributed by atoms with E-state index in [4.69, 9.17) is 4.74 Å². The maximum absolute atomic E-state index is 12.1. The molecule has 106 valence electrons. The van der Waals surface area contributed by atoms with Crippen LogP contribution in [-0.4, -0.2) is 24.8 Å². The lowest BCUT2D eigenvalue weighted by atomic mass is 10.2. The van der Waals surface area contributed by atoms with Crippen molar-refractivity contribution in [3.8, 4) is 12.0 Å². The fraction of sp³-hybridized carbons (Fsp3) is 0.333. The molecular weight excluding hydrogens is 258 g/mol. The van der Waals surface area contributed by atoms with Gasteiger partial charge in [0.15, 0.2) is 0 Å². The highest BCUT2D eigenvalue weighted by Crippen LogP contribution is 2.17. The average molecular weight is 275 g/mol. The fourth-order valence-corrected chi connectivity index (χ4v) is 1.25. The van der Waals surface area contributed by atoms with Crippen LogP contribution in [0.25, 0.3) is 0 Å². The van der Waals surface area contributed by atoms with Gasteiger partial charge in [-0.15, -0.1) is 0 Å². The summed E-state index contributed by atoms with van der Waals surface area (Å²) in [6.07, 6.45) is -0.653. The van der Waals surface area contributed by atoms with Gasteiger partial charge >= 0.3 is 12.1 Å². The fourth-order valence-electron chi connectivity index (χ4n) is 1.25. The predicted molar refractivity (Wildman–Crippen MR) is 74.9 cm³/mol. The number of carbonyl (C=O) groups is 2. The first-order chi connectivity index (χ1) is 9.33. The smallest absolute Gasteiger partial charge is 0.426 e. The van der Waals surface area contributed by atoms with E-state index in [2.05, 4.69) is 16.7 Å². The molecule has 1 aromatic rings. The molecule has 1 aromatic carbocycles. The van der Waals surface area contributed by atoms with Crippen LogP contribution >= 0.6 is 0 Å². The maximum atomic E-state index is 12.1. The van der Waals surface area contributed by atoms with E-state index < -0.39 is 17.7 Å². The average Bonchev–Trinajstić information content (AvgIpc) is 2.37. The van der Waals surface area contributed by atoms with E-state index in [9.17, 15) is 9.59 Å². The van der Waals surface area contributed by atoms with Crippen molar-refractivity contribution in [2.24, 2.45) is 0 Å². The highest BCUT2D eigenvalue weighted by atomic mass is 16.6. The molecule has 0 saturated carbocycles. The number of nitrogens with zero attached hydrogens (tertiary/aromatic N) is 1. The van der Waals surface area contributed by atoms with Crippen molar-refractivity contribution in [3.05, 3.63) is 30.3 Å².